The smallest absolute Gasteiger partial charge is 0.245 e. The summed E-state index contributed by atoms with van der Waals surface area (Å²) in [6, 6.07) is 1.06. The molecule has 132 valence electrons. The molecule has 2 aromatic heterocycles. The summed E-state index contributed by atoms with van der Waals surface area (Å²) >= 11 is 0. The van der Waals surface area contributed by atoms with Crippen LogP contribution in [0.4, 0.5) is 0 Å². The van der Waals surface area contributed by atoms with E-state index in [2.05, 4.69) is 34.6 Å². The SMILES string of the molecule is CC[C@H]1O[C@@H](n2cnc3c(OCC[Si](C)(C)C)ncnc32)CC1O. The predicted octanol–water partition coefficient (Wildman–Crippen LogP) is 2.60. The lowest BCUT2D eigenvalue weighted by atomic mass is 10.1. The van der Waals surface area contributed by atoms with Crippen LogP contribution in [0, 0.1) is 0 Å². The van der Waals surface area contributed by atoms with Crippen LogP contribution in [0.5, 0.6) is 5.88 Å². The average molecular weight is 350 g/mol. The van der Waals surface area contributed by atoms with E-state index in [-0.39, 0.29) is 12.3 Å². The van der Waals surface area contributed by atoms with E-state index in [0.717, 1.165) is 12.5 Å². The van der Waals surface area contributed by atoms with E-state index in [0.29, 0.717) is 30.1 Å². The lowest BCUT2D eigenvalue weighted by Crippen LogP contribution is -2.22. The topological polar surface area (TPSA) is 82.3 Å². The Morgan fingerprint density at radius 2 is 2.12 bits per heavy atom. The van der Waals surface area contributed by atoms with E-state index < -0.39 is 14.2 Å². The fourth-order valence-corrected chi connectivity index (χ4v) is 3.57. The first-order chi connectivity index (χ1) is 11.4. The number of hydrogen-bond donors (Lipinski definition) is 1. The average Bonchev–Trinajstić information content (AvgIpc) is 3.09. The lowest BCUT2D eigenvalue weighted by molar-refractivity contribution is -0.0183. The van der Waals surface area contributed by atoms with Gasteiger partial charge in [0.15, 0.2) is 11.2 Å². The molecule has 1 saturated heterocycles. The van der Waals surface area contributed by atoms with Gasteiger partial charge in [0.25, 0.3) is 0 Å². The molecule has 3 heterocycles. The molecule has 1 unspecified atom stereocenters. The molecule has 0 aliphatic carbocycles. The minimum absolute atomic E-state index is 0.137. The minimum atomic E-state index is -1.16. The van der Waals surface area contributed by atoms with Crippen LogP contribution in [0.3, 0.4) is 0 Å². The highest BCUT2D eigenvalue weighted by Crippen LogP contribution is 2.33. The van der Waals surface area contributed by atoms with Crippen molar-refractivity contribution in [2.45, 2.75) is 63.9 Å². The van der Waals surface area contributed by atoms with Crippen LogP contribution in [-0.4, -0.2) is 51.5 Å². The van der Waals surface area contributed by atoms with E-state index in [1.165, 1.54) is 6.33 Å². The van der Waals surface area contributed by atoms with Gasteiger partial charge in [0, 0.05) is 14.5 Å². The van der Waals surface area contributed by atoms with Crippen molar-refractivity contribution >= 4 is 19.2 Å². The van der Waals surface area contributed by atoms with Crippen molar-refractivity contribution in [3.63, 3.8) is 0 Å². The zero-order valence-corrected chi connectivity index (χ0v) is 15.8. The molecular formula is C16H26N4O3Si. The number of aliphatic hydroxyl groups excluding tert-OH is 1. The number of aromatic nitrogens is 4. The molecule has 1 aliphatic rings. The zero-order valence-electron chi connectivity index (χ0n) is 14.8. The Hall–Kier alpha value is -1.51. The molecule has 7 nitrogen and oxygen atoms in total. The van der Waals surface area contributed by atoms with Crippen LogP contribution < -0.4 is 4.74 Å². The number of hydrogen-bond acceptors (Lipinski definition) is 6. The molecule has 3 rings (SSSR count). The molecule has 1 aliphatic heterocycles. The van der Waals surface area contributed by atoms with Gasteiger partial charge >= 0.3 is 0 Å². The number of ether oxygens (including phenoxy) is 2. The first kappa shape index (κ1) is 17.3. The van der Waals surface area contributed by atoms with Crippen molar-refractivity contribution in [3.8, 4) is 5.88 Å². The predicted molar refractivity (Wildman–Crippen MR) is 93.8 cm³/mol. The molecule has 0 aromatic carbocycles. The van der Waals surface area contributed by atoms with Gasteiger partial charge in [-0.1, -0.05) is 26.6 Å². The number of aliphatic hydroxyl groups is 1. The molecular weight excluding hydrogens is 324 g/mol. The second-order valence-corrected chi connectivity index (χ2v) is 13.1. The van der Waals surface area contributed by atoms with Crippen molar-refractivity contribution in [2.75, 3.05) is 6.61 Å². The van der Waals surface area contributed by atoms with E-state index in [1.54, 1.807) is 6.33 Å². The Labute approximate surface area is 143 Å². The Balaban J connectivity index is 1.79. The maximum atomic E-state index is 10.1. The van der Waals surface area contributed by atoms with Gasteiger partial charge in [0.2, 0.25) is 5.88 Å². The second kappa shape index (κ2) is 6.77. The molecule has 1 fully saturated rings. The van der Waals surface area contributed by atoms with Crippen LogP contribution in [0.15, 0.2) is 12.7 Å². The molecule has 0 spiro atoms. The highest BCUT2D eigenvalue weighted by atomic mass is 28.3. The maximum Gasteiger partial charge on any atom is 0.245 e. The van der Waals surface area contributed by atoms with Gasteiger partial charge in [-0.2, -0.15) is 4.98 Å². The highest BCUT2D eigenvalue weighted by molar-refractivity contribution is 6.76. The van der Waals surface area contributed by atoms with Crippen LogP contribution in [0.1, 0.15) is 26.0 Å². The summed E-state index contributed by atoms with van der Waals surface area (Å²) in [6.07, 6.45) is 3.67. The number of fused-ring (bicyclic) bond motifs is 1. The standard InChI is InChI=1S/C16H26N4O3Si/c1-5-12-11(21)8-13(23-12)20-10-19-14-15(20)17-9-18-16(14)22-6-7-24(2,3)4/h9-13,21H,5-8H2,1-4H3/t11?,12-,13-/m1/s1. The van der Waals surface area contributed by atoms with E-state index in [4.69, 9.17) is 9.47 Å². The Morgan fingerprint density at radius 3 is 2.79 bits per heavy atom. The zero-order chi connectivity index (χ0) is 17.3. The summed E-state index contributed by atoms with van der Waals surface area (Å²) in [5.41, 5.74) is 1.33. The number of imidazole rings is 1. The Kier molecular flexibility index (Phi) is 4.89. The summed E-state index contributed by atoms with van der Waals surface area (Å²) in [6.45, 7) is 9.59. The molecule has 0 saturated carbocycles. The van der Waals surface area contributed by atoms with Crippen molar-refractivity contribution in [1.29, 1.82) is 0 Å². The monoisotopic (exact) mass is 350 g/mol. The fourth-order valence-electron chi connectivity index (χ4n) is 2.85. The van der Waals surface area contributed by atoms with Crippen molar-refractivity contribution in [3.05, 3.63) is 12.7 Å². The Bertz CT molecular complexity index is 700. The summed E-state index contributed by atoms with van der Waals surface area (Å²) in [4.78, 5) is 13.0. The van der Waals surface area contributed by atoms with Gasteiger partial charge < -0.3 is 14.6 Å². The maximum absolute atomic E-state index is 10.1. The van der Waals surface area contributed by atoms with E-state index in [1.807, 2.05) is 11.5 Å². The summed E-state index contributed by atoms with van der Waals surface area (Å²) < 4.78 is 13.6. The molecule has 8 heteroatoms. The van der Waals surface area contributed by atoms with Crippen LogP contribution in [0.25, 0.3) is 11.2 Å². The minimum Gasteiger partial charge on any atom is -0.476 e. The first-order valence-corrected chi connectivity index (χ1v) is 12.2. The molecule has 1 N–H and O–H groups in total. The van der Waals surface area contributed by atoms with Gasteiger partial charge in [-0.15, -0.1) is 0 Å². The van der Waals surface area contributed by atoms with Gasteiger partial charge in [0.1, 0.15) is 12.6 Å². The van der Waals surface area contributed by atoms with Gasteiger partial charge in [0.05, 0.1) is 25.1 Å². The molecule has 0 radical (unpaired) electrons. The molecule has 24 heavy (non-hydrogen) atoms. The van der Waals surface area contributed by atoms with Crippen molar-refractivity contribution in [2.24, 2.45) is 0 Å². The molecule has 2 aromatic rings. The number of rotatable bonds is 6. The van der Waals surface area contributed by atoms with Gasteiger partial charge in [-0.25, -0.2) is 9.97 Å². The quantitative estimate of drug-likeness (QED) is 0.807. The third-order valence-corrected chi connectivity index (χ3v) is 6.04. The highest BCUT2D eigenvalue weighted by Gasteiger charge is 2.34. The van der Waals surface area contributed by atoms with E-state index >= 15 is 0 Å². The molecule has 0 amide bonds. The summed E-state index contributed by atoms with van der Waals surface area (Å²) in [5, 5.41) is 10.1. The van der Waals surface area contributed by atoms with Crippen LogP contribution >= 0.6 is 0 Å². The first-order valence-electron chi connectivity index (χ1n) is 8.53. The molecule has 3 atom stereocenters. The van der Waals surface area contributed by atoms with Crippen molar-refractivity contribution in [1.82, 2.24) is 19.5 Å². The second-order valence-electron chi connectivity index (χ2n) is 7.50. The van der Waals surface area contributed by atoms with Gasteiger partial charge in [-0.3, -0.25) is 4.57 Å². The van der Waals surface area contributed by atoms with Gasteiger partial charge in [-0.05, 0) is 12.5 Å². The largest absolute Gasteiger partial charge is 0.476 e. The summed E-state index contributed by atoms with van der Waals surface area (Å²) in [7, 11) is -1.16. The Morgan fingerprint density at radius 1 is 1.33 bits per heavy atom. The fraction of sp³-hybridized carbons (Fsp3) is 0.688. The lowest BCUT2D eigenvalue weighted by Gasteiger charge is -2.16. The third-order valence-electron chi connectivity index (χ3n) is 4.33. The molecule has 0 bridgehead atoms. The summed E-state index contributed by atoms with van der Waals surface area (Å²) in [5.74, 6) is 0.516. The van der Waals surface area contributed by atoms with Crippen LogP contribution in [0.2, 0.25) is 25.7 Å². The third kappa shape index (κ3) is 3.60. The normalized spacial score (nSPS) is 24.6. The number of nitrogens with zero attached hydrogens (tertiary/aromatic N) is 4. The van der Waals surface area contributed by atoms with Crippen LogP contribution in [-0.2, 0) is 4.74 Å². The van der Waals surface area contributed by atoms with E-state index in [9.17, 15) is 5.11 Å². The van der Waals surface area contributed by atoms with Crippen molar-refractivity contribution < 1.29 is 14.6 Å².